The fourth-order valence-electron chi connectivity index (χ4n) is 4.43. The number of rotatable bonds is 5. The van der Waals surface area contributed by atoms with E-state index in [-0.39, 0.29) is 17.3 Å². The van der Waals surface area contributed by atoms with E-state index < -0.39 is 5.82 Å². The first kappa shape index (κ1) is 20.1. The number of benzene rings is 1. The van der Waals surface area contributed by atoms with Crippen LogP contribution in [0.2, 0.25) is 0 Å². The van der Waals surface area contributed by atoms with Crippen LogP contribution in [0.5, 0.6) is 0 Å². The minimum atomic E-state index is -0.446. The number of nitrogens with one attached hydrogen (secondary N) is 1. The highest BCUT2D eigenvalue weighted by molar-refractivity contribution is 7.99. The van der Waals surface area contributed by atoms with Gasteiger partial charge in [0.05, 0.1) is 16.8 Å². The second kappa shape index (κ2) is 7.81. The Balaban J connectivity index is 1.35. The van der Waals surface area contributed by atoms with Crippen LogP contribution in [0.3, 0.4) is 0 Å². The van der Waals surface area contributed by atoms with Crippen LogP contribution in [0.25, 0.3) is 15.9 Å². The van der Waals surface area contributed by atoms with Gasteiger partial charge in [-0.25, -0.2) is 9.37 Å². The van der Waals surface area contributed by atoms with Crippen molar-refractivity contribution in [3.05, 3.63) is 46.3 Å². The molecular formula is C23H22FN5OS2. The van der Waals surface area contributed by atoms with Gasteiger partial charge in [0.15, 0.2) is 10.8 Å². The summed E-state index contributed by atoms with van der Waals surface area (Å²) in [6, 6.07) is 6.17. The second-order valence-corrected chi connectivity index (χ2v) is 10.8. The van der Waals surface area contributed by atoms with Gasteiger partial charge in [0, 0.05) is 10.8 Å². The summed E-state index contributed by atoms with van der Waals surface area (Å²) >= 11 is 3.13. The maximum Gasteiger partial charge on any atom is 0.234 e. The molecule has 1 amide bonds. The molecule has 6 nitrogen and oxygen atoms in total. The zero-order valence-corrected chi connectivity index (χ0v) is 19.2. The van der Waals surface area contributed by atoms with Gasteiger partial charge in [-0.15, -0.1) is 21.5 Å². The van der Waals surface area contributed by atoms with E-state index in [2.05, 4.69) is 26.8 Å². The Labute approximate surface area is 192 Å². The summed E-state index contributed by atoms with van der Waals surface area (Å²) in [5.41, 5.74) is 2.43. The molecule has 1 aromatic carbocycles. The molecule has 164 valence electrons. The van der Waals surface area contributed by atoms with E-state index in [1.165, 1.54) is 34.7 Å². The molecule has 0 radical (unpaired) electrons. The number of hydrogen-bond donors (Lipinski definition) is 1. The highest BCUT2D eigenvalue weighted by atomic mass is 32.2. The molecule has 0 bridgehead atoms. The number of anilines is 1. The quantitative estimate of drug-likeness (QED) is 0.408. The Morgan fingerprint density at radius 3 is 2.94 bits per heavy atom. The summed E-state index contributed by atoms with van der Waals surface area (Å²) < 4.78 is 15.9. The number of fused-ring (bicyclic) bond motifs is 5. The number of aryl methyl sites for hydroxylation is 1. The number of carbonyl (C=O) groups is 1. The van der Waals surface area contributed by atoms with Crippen LogP contribution in [0.4, 0.5) is 10.1 Å². The number of thiophene rings is 1. The normalized spacial score (nSPS) is 18.2. The minimum Gasteiger partial charge on any atom is -0.323 e. The predicted octanol–water partition coefficient (Wildman–Crippen LogP) is 5.21. The van der Waals surface area contributed by atoms with Crippen LogP contribution >= 0.6 is 23.1 Å². The fraction of sp³-hybridized carbons (Fsp3) is 0.391. The molecule has 1 atom stereocenters. The molecule has 9 heteroatoms. The molecular weight excluding hydrogens is 445 g/mol. The summed E-state index contributed by atoms with van der Waals surface area (Å²) in [5.74, 6) is 1.52. The van der Waals surface area contributed by atoms with Crippen molar-refractivity contribution in [3.63, 3.8) is 0 Å². The number of amides is 1. The molecule has 3 aromatic heterocycles. The second-order valence-electron chi connectivity index (χ2n) is 8.73. The van der Waals surface area contributed by atoms with E-state index in [4.69, 9.17) is 4.98 Å². The van der Waals surface area contributed by atoms with Crippen LogP contribution in [0.15, 0.2) is 29.4 Å². The van der Waals surface area contributed by atoms with Crippen molar-refractivity contribution >= 4 is 50.6 Å². The number of halogens is 1. The molecule has 0 unspecified atom stereocenters. The van der Waals surface area contributed by atoms with Crippen LogP contribution in [-0.2, 0) is 17.6 Å². The first-order valence-corrected chi connectivity index (χ1v) is 12.7. The summed E-state index contributed by atoms with van der Waals surface area (Å²) in [5, 5.41) is 13.4. The molecule has 1 N–H and O–H groups in total. The standard InChI is InChI=1S/C23H22FN5OS2/c1-12-6-9-14-17(10-12)32-22-19(14)21-27-28-23(29(21)20(26-22)13-7-8-13)31-11-18(30)25-16-5-3-2-4-15(16)24/h2-5,12-13H,6-11H2,1H3,(H,25,30)/t12-/m1/s1. The Morgan fingerprint density at radius 2 is 2.12 bits per heavy atom. The average Bonchev–Trinajstić information content (AvgIpc) is 3.44. The lowest BCUT2D eigenvalue weighted by molar-refractivity contribution is -0.113. The maximum atomic E-state index is 13.8. The first-order chi connectivity index (χ1) is 15.6. The number of para-hydroxylation sites is 1. The highest BCUT2D eigenvalue weighted by Gasteiger charge is 2.32. The molecule has 3 heterocycles. The van der Waals surface area contributed by atoms with E-state index in [1.807, 2.05) is 11.3 Å². The lowest BCUT2D eigenvalue weighted by Gasteiger charge is -2.17. The van der Waals surface area contributed by atoms with Crippen LogP contribution in [0.1, 0.15) is 48.4 Å². The molecule has 0 saturated heterocycles. The van der Waals surface area contributed by atoms with Crippen molar-refractivity contribution in [1.29, 1.82) is 0 Å². The van der Waals surface area contributed by atoms with Crippen molar-refractivity contribution in [2.45, 2.75) is 50.1 Å². The van der Waals surface area contributed by atoms with Gasteiger partial charge in [0.25, 0.3) is 0 Å². The van der Waals surface area contributed by atoms with Gasteiger partial charge in [-0.05, 0) is 55.7 Å². The maximum absolute atomic E-state index is 13.8. The van der Waals surface area contributed by atoms with Gasteiger partial charge in [0.2, 0.25) is 5.91 Å². The van der Waals surface area contributed by atoms with Gasteiger partial charge >= 0.3 is 0 Å². The van der Waals surface area contributed by atoms with Gasteiger partial charge in [-0.3, -0.25) is 9.20 Å². The molecule has 4 aromatic rings. The van der Waals surface area contributed by atoms with Crippen molar-refractivity contribution in [2.75, 3.05) is 11.1 Å². The monoisotopic (exact) mass is 467 g/mol. The molecule has 0 aliphatic heterocycles. The lowest BCUT2D eigenvalue weighted by Crippen LogP contribution is -2.15. The Bertz CT molecular complexity index is 1360. The number of thioether (sulfide) groups is 1. The molecule has 1 fully saturated rings. The molecule has 2 aliphatic carbocycles. The van der Waals surface area contributed by atoms with Crippen LogP contribution < -0.4 is 5.32 Å². The molecule has 1 saturated carbocycles. The van der Waals surface area contributed by atoms with Gasteiger partial charge in [0.1, 0.15) is 16.5 Å². The Kier molecular flexibility index (Phi) is 4.91. The van der Waals surface area contributed by atoms with Crippen LogP contribution in [0, 0.1) is 11.7 Å². The summed E-state index contributed by atoms with van der Waals surface area (Å²) in [4.78, 5) is 20.0. The number of carbonyl (C=O) groups excluding carboxylic acids is 1. The van der Waals surface area contributed by atoms with E-state index in [9.17, 15) is 9.18 Å². The fourth-order valence-corrected chi connectivity index (χ4v) is 6.55. The van der Waals surface area contributed by atoms with Gasteiger partial charge in [-0.1, -0.05) is 30.8 Å². The van der Waals surface area contributed by atoms with Crippen LogP contribution in [-0.4, -0.2) is 31.2 Å². The first-order valence-electron chi connectivity index (χ1n) is 10.9. The third-order valence-corrected chi connectivity index (χ3v) is 8.30. The van der Waals surface area contributed by atoms with E-state index in [0.29, 0.717) is 17.0 Å². The average molecular weight is 468 g/mol. The summed E-state index contributed by atoms with van der Waals surface area (Å²) in [6.07, 6.45) is 5.57. The predicted molar refractivity (Wildman–Crippen MR) is 125 cm³/mol. The minimum absolute atomic E-state index is 0.122. The third kappa shape index (κ3) is 3.47. The van der Waals surface area contributed by atoms with E-state index in [0.717, 1.165) is 47.4 Å². The lowest BCUT2D eigenvalue weighted by atomic mass is 9.89. The van der Waals surface area contributed by atoms with E-state index in [1.54, 1.807) is 18.2 Å². The summed E-state index contributed by atoms with van der Waals surface area (Å²) in [7, 11) is 0. The third-order valence-electron chi connectivity index (χ3n) is 6.22. The summed E-state index contributed by atoms with van der Waals surface area (Å²) in [6.45, 7) is 2.31. The zero-order chi connectivity index (χ0) is 21.8. The Morgan fingerprint density at radius 1 is 1.28 bits per heavy atom. The van der Waals surface area contributed by atoms with Crippen molar-refractivity contribution in [1.82, 2.24) is 19.6 Å². The molecule has 6 rings (SSSR count). The molecule has 2 aliphatic rings. The number of hydrogen-bond acceptors (Lipinski definition) is 6. The van der Waals surface area contributed by atoms with Gasteiger partial charge in [-0.2, -0.15) is 0 Å². The molecule has 0 spiro atoms. The van der Waals surface area contributed by atoms with Crippen molar-refractivity contribution in [3.8, 4) is 0 Å². The SMILES string of the molecule is C[C@@H]1CCc2c(sc3nc(C4CC4)n4c(SCC(=O)Nc5ccccc5F)nnc4c23)C1. The van der Waals surface area contributed by atoms with Crippen molar-refractivity contribution < 1.29 is 9.18 Å². The molecule has 32 heavy (non-hydrogen) atoms. The zero-order valence-electron chi connectivity index (χ0n) is 17.6. The largest absolute Gasteiger partial charge is 0.323 e. The topological polar surface area (TPSA) is 72.2 Å². The smallest absolute Gasteiger partial charge is 0.234 e. The van der Waals surface area contributed by atoms with Gasteiger partial charge < -0.3 is 5.32 Å². The Hall–Kier alpha value is -2.52. The highest BCUT2D eigenvalue weighted by Crippen LogP contribution is 2.44. The number of aromatic nitrogens is 4. The van der Waals surface area contributed by atoms with Crippen molar-refractivity contribution in [2.24, 2.45) is 5.92 Å². The number of nitrogens with zero attached hydrogens (tertiary/aromatic N) is 4. The van der Waals surface area contributed by atoms with E-state index >= 15 is 0 Å².